The second-order valence-electron chi connectivity index (χ2n) is 3.68. The molecule has 0 aliphatic carbocycles. The maximum atomic E-state index is 9.73. The van der Waals surface area contributed by atoms with Gasteiger partial charge in [-0.25, -0.2) is 0 Å². The minimum Gasteiger partial charge on any atom is -0.507 e. The monoisotopic (exact) mass is 213 g/mol. The Morgan fingerprint density at radius 1 is 1.12 bits per heavy atom. The van der Waals surface area contributed by atoms with Crippen LogP contribution in [0.1, 0.15) is 5.56 Å². The first-order valence-electron chi connectivity index (χ1n) is 5.35. The Morgan fingerprint density at radius 3 is 2.62 bits per heavy atom. The summed E-state index contributed by atoms with van der Waals surface area (Å²) in [6.07, 6.45) is 4.14. The highest BCUT2D eigenvalue weighted by atomic mass is 16.3. The van der Waals surface area contributed by atoms with Crippen molar-refractivity contribution in [1.82, 2.24) is 5.32 Å². The number of likely N-dealkylation sites (N-methyl/N-ethyl adjacent to an activating group) is 1. The van der Waals surface area contributed by atoms with Crippen LogP contribution in [-0.2, 0) is 0 Å². The second-order valence-corrected chi connectivity index (χ2v) is 3.68. The first kappa shape index (κ1) is 10.7. The molecule has 0 atom stereocenters. The van der Waals surface area contributed by atoms with E-state index in [2.05, 4.69) is 17.5 Å². The van der Waals surface area contributed by atoms with Gasteiger partial charge in [-0.3, -0.25) is 0 Å². The van der Waals surface area contributed by atoms with Crippen molar-refractivity contribution in [2.75, 3.05) is 13.6 Å². The standard InChI is InChI=1S/C14H15NO/c1-15-10-4-5-11-8-9-14(16)13-7-3-2-6-12(11)13/h2-9,15-16H,10H2,1H3. The zero-order valence-electron chi connectivity index (χ0n) is 9.27. The van der Waals surface area contributed by atoms with Gasteiger partial charge in [0.15, 0.2) is 0 Å². The van der Waals surface area contributed by atoms with Crippen LogP contribution in [0.2, 0.25) is 0 Å². The van der Waals surface area contributed by atoms with Gasteiger partial charge in [-0.1, -0.05) is 42.5 Å². The molecule has 0 bridgehead atoms. The summed E-state index contributed by atoms with van der Waals surface area (Å²) in [4.78, 5) is 0. The summed E-state index contributed by atoms with van der Waals surface area (Å²) in [7, 11) is 1.92. The lowest BCUT2D eigenvalue weighted by atomic mass is 10.0. The van der Waals surface area contributed by atoms with E-state index in [-0.39, 0.29) is 0 Å². The third kappa shape index (κ3) is 2.07. The van der Waals surface area contributed by atoms with Gasteiger partial charge in [-0.2, -0.15) is 0 Å². The number of aromatic hydroxyl groups is 1. The average Bonchev–Trinajstić information content (AvgIpc) is 2.33. The Kier molecular flexibility index (Phi) is 3.22. The van der Waals surface area contributed by atoms with E-state index >= 15 is 0 Å². The van der Waals surface area contributed by atoms with Crippen LogP contribution in [0.15, 0.2) is 42.5 Å². The van der Waals surface area contributed by atoms with Gasteiger partial charge in [-0.15, -0.1) is 0 Å². The van der Waals surface area contributed by atoms with Gasteiger partial charge in [0.05, 0.1) is 0 Å². The maximum Gasteiger partial charge on any atom is 0.123 e. The molecule has 2 N–H and O–H groups in total. The first-order chi connectivity index (χ1) is 7.83. The van der Waals surface area contributed by atoms with Crippen LogP contribution in [0, 0.1) is 0 Å². The highest BCUT2D eigenvalue weighted by molar-refractivity contribution is 5.94. The number of phenols is 1. The molecule has 2 nitrogen and oxygen atoms in total. The van der Waals surface area contributed by atoms with E-state index in [1.807, 2.05) is 37.4 Å². The van der Waals surface area contributed by atoms with Crippen molar-refractivity contribution in [3.05, 3.63) is 48.0 Å². The third-order valence-electron chi connectivity index (χ3n) is 2.55. The Labute approximate surface area is 95.2 Å². The fraction of sp³-hybridized carbons (Fsp3) is 0.143. The van der Waals surface area contributed by atoms with Gasteiger partial charge >= 0.3 is 0 Å². The van der Waals surface area contributed by atoms with Gasteiger partial charge < -0.3 is 10.4 Å². The maximum absolute atomic E-state index is 9.73. The summed E-state index contributed by atoms with van der Waals surface area (Å²) in [5.74, 6) is 0.335. The van der Waals surface area contributed by atoms with Crippen LogP contribution in [0.25, 0.3) is 16.8 Å². The number of benzene rings is 2. The molecule has 0 unspecified atom stereocenters. The summed E-state index contributed by atoms with van der Waals surface area (Å²) < 4.78 is 0. The molecule has 0 amide bonds. The van der Waals surface area contributed by atoms with Crippen LogP contribution in [0.5, 0.6) is 5.75 Å². The molecule has 0 radical (unpaired) electrons. The van der Waals surface area contributed by atoms with Crippen molar-refractivity contribution in [1.29, 1.82) is 0 Å². The highest BCUT2D eigenvalue weighted by Crippen LogP contribution is 2.27. The van der Waals surface area contributed by atoms with Crippen LogP contribution >= 0.6 is 0 Å². The molecule has 0 spiro atoms. The summed E-state index contributed by atoms with van der Waals surface area (Å²) in [6.45, 7) is 0.842. The van der Waals surface area contributed by atoms with E-state index in [1.54, 1.807) is 6.07 Å². The molecule has 82 valence electrons. The normalized spacial score (nSPS) is 11.3. The fourth-order valence-electron chi connectivity index (χ4n) is 1.76. The number of nitrogens with one attached hydrogen (secondary N) is 1. The van der Waals surface area contributed by atoms with Crippen molar-refractivity contribution in [2.45, 2.75) is 0 Å². The highest BCUT2D eigenvalue weighted by Gasteiger charge is 2.01. The molecule has 0 fully saturated rings. The van der Waals surface area contributed by atoms with E-state index < -0.39 is 0 Å². The van der Waals surface area contributed by atoms with E-state index in [0.29, 0.717) is 5.75 Å². The minimum atomic E-state index is 0.335. The molecule has 2 rings (SSSR count). The fourth-order valence-corrected chi connectivity index (χ4v) is 1.76. The van der Waals surface area contributed by atoms with Crippen LogP contribution in [0.3, 0.4) is 0 Å². The number of rotatable bonds is 3. The van der Waals surface area contributed by atoms with Crippen molar-refractivity contribution in [3.8, 4) is 5.75 Å². The van der Waals surface area contributed by atoms with Gasteiger partial charge in [-0.05, 0) is 24.1 Å². The second kappa shape index (κ2) is 4.81. The Morgan fingerprint density at radius 2 is 1.88 bits per heavy atom. The van der Waals surface area contributed by atoms with E-state index in [9.17, 15) is 5.11 Å². The minimum absolute atomic E-state index is 0.335. The van der Waals surface area contributed by atoms with E-state index in [0.717, 1.165) is 22.9 Å². The van der Waals surface area contributed by atoms with Gasteiger partial charge in [0.2, 0.25) is 0 Å². The molecule has 2 heteroatoms. The number of hydrogen-bond acceptors (Lipinski definition) is 2. The molecular formula is C14H15NO. The molecule has 0 aromatic heterocycles. The van der Waals surface area contributed by atoms with Gasteiger partial charge in [0, 0.05) is 11.9 Å². The predicted octanol–water partition coefficient (Wildman–Crippen LogP) is 2.78. The lowest BCUT2D eigenvalue weighted by Crippen LogP contribution is -2.03. The topological polar surface area (TPSA) is 32.3 Å². The molecule has 16 heavy (non-hydrogen) atoms. The zero-order valence-corrected chi connectivity index (χ0v) is 9.27. The summed E-state index contributed by atoms with van der Waals surface area (Å²) >= 11 is 0. The van der Waals surface area contributed by atoms with E-state index in [4.69, 9.17) is 0 Å². The molecule has 2 aromatic rings. The van der Waals surface area contributed by atoms with Gasteiger partial charge in [0.1, 0.15) is 5.75 Å². The Hall–Kier alpha value is -1.80. The number of phenolic OH excluding ortho intramolecular Hbond substituents is 1. The predicted molar refractivity (Wildman–Crippen MR) is 68.6 cm³/mol. The summed E-state index contributed by atoms with van der Waals surface area (Å²) in [5.41, 5.74) is 1.13. The molecule has 0 saturated heterocycles. The summed E-state index contributed by atoms with van der Waals surface area (Å²) in [5, 5.41) is 14.8. The smallest absolute Gasteiger partial charge is 0.123 e. The molecular weight excluding hydrogens is 198 g/mol. The van der Waals surface area contributed by atoms with Crippen LogP contribution in [0.4, 0.5) is 0 Å². The third-order valence-corrected chi connectivity index (χ3v) is 2.55. The first-order valence-corrected chi connectivity index (χ1v) is 5.35. The molecule has 2 aromatic carbocycles. The summed E-state index contributed by atoms with van der Waals surface area (Å²) in [6, 6.07) is 11.5. The van der Waals surface area contributed by atoms with Crippen molar-refractivity contribution >= 4 is 16.8 Å². The van der Waals surface area contributed by atoms with Crippen molar-refractivity contribution in [3.63, 3.8) is 0 Å². The molecule has 0 aliphatic heterocycles. The number of fused-ring (bicyclic) bond motifs is 1. The average molecular weight is 213 g/mol. The molecule has 0 aliphatic rings. The van der Waals surface area contributed by atoms with Crippen LogP contribution < -0.4 is 5.32 Å². The zero-order chi connectivity index (χ0) is 11.4. The Balaban J connectivity index is 2.50. The van der Waals surface area contributed by atoms with Crippen molar-refractivity contribution in [2.24, 2.45) is 0 Å². The quantitative estimate of drug-likeness (QED) is 0.821. The molecule has 0 saturated carbocycles. The van der Waals surface area contributed by atoms with Crippen LogP contribution in [-0.4, -0.2) is 18.7 Å². The molecule has 0 heterocycles. The van der Waals surface area contributed by atoms with E-state index in [1.165, 1.54) is 0 Å². The number of hydrogen-bond donors (Lipinski definition) is 2. The largest absolute Gasteiger partial charge is 0.507 e. The Bertz CT molecular complexity index is 517. The lowest BCUT2D eigenvalue weighted by molar-refractivity contribution is 0.481. The SMILES string of the molecule is CNCC=Cc1ccc(O)c2ccccc12. The van der Waals surface area contributed by atoms with Gasteiger partial charge in [0.25, 0.3) is 0 Å². The lowest BCUT2D eigenvalue weighted by Gasteiger charge is -2.04. The van der Waals surface area contributed by atoms with Crippen molar-refractivity contribution < 1.29 is 5.11 Å².